The summed E-state index contributed by atoms with van der Waals surface area (Å²) in [5.41, 5.74) is 5.02. The Morgan fingerprint density at radius 3 is 2.87 bits per heavy atom. The molecule has 1 aromatic carbocycles. The molecule has 0 spiro atoms. The summed E-state index contributed by atoms with van der Waals surface area (Å²) >= 11 is 0. The van der Waals surface area contributed by atoms with Gasteiger partial charge in [0.2, 0.25) is 0 Å². The lowest BCUT2D eigenvalue weighted by Crippen LogP contribution is -2.35. The maximum atomic E-state index is 12.3. The van der Waals surface area contributed by atoms with E-state index in [1.165, 1.54) is 16.7 Å². The van der Waals surface area contributed by atoms with Crippen molar-refractivity contribution in [1.29, 1.82) is 0 Å². The third-order valence-electron chi connectivity index (χ3n) is 5.95. The molecule has 0 radical (unpaired) electrons. The van der Waals surface area contributed by atoms with Crippen LogP contribution in [0, 0.1) is 13.8 Å². The average molecular weight is 406 g/mol. The van der Waals surface area contributed by atoms with Crippen molar-refractivity contribution in [3.05, 3.63) is 69.5 Å². The van der Waals surface area contributed by atoms with E-state index in [1.807, 2.05) is 6.07 Å². The summed E-state index contributed by atoms with van der Waals surface area (Å²) < 4.78 is 5.44. The third kappa shape index (κ3) is 4.26. The standard InChI is InChI=1S/C23H27N5O2/c1-15-16(2)21(30-3)7-6-17(15)13-28-10-4-5-18(14-28)19-11-22(29)27-23(26-19)20-12-24-8-9-25-20/h6-9,11-12,18H,4-5,10,13-14H2,1-3H3,(H,26,27,29). The SMILES string of the molecule is COc1ccc(CN2CCCC(c3cc(=O)[nH]c(-c4cnccn4)n3)C2)c(C)c1C. The fourth-order valence-corrected chi connectivity index (χ4v) is 4.15. The number of nitrogens with one attached hydrogen (secondary N) is 1. The van der Waals surface area contributed by atoms with Crippen molar-refractivity contribution in [2.75, 3.05) is 20.2 Å². The number of H-pyrrole nitrogens is 1. The Balaban J connectivity index is 1.54. The minimum absolute atomic E-state index is 0.153. The fourth-order valence-electron chi connectivity index (χ4n) is 4.15. The summed E-state index contributed by atoms with van der Waals surface area (Å²) in [5.74, 6) is 1.62. The first-order valence-corrected chi connectivity index (χ1v) is 10.3. The van der Waals surface area contributed by atoms with Crippen LogP contribution in [0.4, 0.5) is 0 Å². The molecule has 1 atom stereocenters. The summed E-state index contributed by atoms with van der Waals surface area (Å²) in [5, 5.41) is 0. The van der Waals surface area contributed by atoms with E-state index >= 15 is 0 Å². The highest BCUT2D eigenvalue weighted by Gasteiger charge is 2.24. The summed E-state index contributed by atoms with van der Waals surface area (Å²) in [6, 6.07) is 5.82. The number of methoxy groups -OCH3 is 1. The molecule has 3 heterocycles. The van der Waals surface area contributed by atoms with Gasteiger partial charge in [-0.05, 0) is 56.0 Å². The van der Waals surface area contributed by atoms with E-state index < -0.39 is 0 Å². The number of hydrogen-bond acceptors (Lipinski definition) is 6. The zero-order valence-electron chi connectivity index (χ0n) is 17.7. The van der Waals surface area contributed by atoms with Gasteiger partial charge in [-0.25, -0.2) is 9.97 Å². The maximum Gasteiger partial charge on any atom is 0.251 e. The molecule has 3 aromatic rings. The lowest BCUT2D eigenvalue weighted by atomic mass is 9.93. The number of benzene rings is 1. The van der Waals surface area contributed by atoms with Crippen molar-refractivity contribution < 1.29 is 4.74 Å². The number of aromatic nitrogens is 4. The molecule has 1 fully saturated rings. The molecule has 7 nitrogen and oxygen atoms in total. The van der Waals surface area contributed by atoms with Crippen LogP contribution in [-0.2, 0) is 6.54 Å². The first kappa shape index (κ1) is 20.2. The summed E-state index contributed by atoms with van der Waals surface area (Å²) in [6.45, 7) is 7.06. The Hall–Kier alpha value is -3.06. The zero-order chi connectivity index (χ0) is 21.1. The molecular weight excluding hydrogens is 378 g/mol. The minimum Gasteiger partial charge on any atom is -0.496 e. The predicted octanol–water partition coefficient (Wildman–Crippen LogP) is 3.23. The number of likely N-dealkylation sites (tertiary alicyclic amines) is 1. The monoisotopic (exact) mass is 405 g/mol. The second kappa shape index (κ2) is 8.75. The van der Waals surface area contributed by atoms with Crippen LogP contribution in [0.2, 0.25) is 0 Å². The molecule has 1 saturated heterocycles. The molecule has 0 saturated carbocycles. The molecule has 0 aliphatic carbocycles. The van der Waals surface area contributed by atoms with E-state index in [0.29, 0.717) is 11.5 Å². The van der Waals surface area contributed by atoms with Crippen LogP contribution in [0.1, 0.15) is 41.1 Å². The summed E-state index contributed by atoms with van der Waals surface area (Å²) in [4.78, 5) is 30.6. The molecule has 156 valence electrons. The predicted molar refractivity (Wildman–Crippen MR) is 116 cm³/mol. The first-order chi connectivity index (χ1) is 14.5. The Morgan fingerprint density at radius 2 is 2.10 bits per heavy atom. The van der Waals surface area contributed by atoms with E-state index in [2.05, 4.69) is 39.8 Å². The lowest BCUT2D eigenvalue weighted by molar-refractivity contribution is 0.198. The quantitative estimate of drug-likeness (QED) is 0.702. The molecular formula is C23H27N5O2. The number of ether oxygens (including phenoxy) is 1. The maximum absolute atomic E-state index is 12.3. The number of hydrogen-bond donors (Lipinski definition) is 1. The Morgan fingerprint density at radius 1 is 1.23 bits per heavy atom. The fraction of sp³-hybridized carbons (Fsp3) is 0.391. The minimum atomic E-state index is -0.153. The van der Waals surface area contributed by atoms with Crippen LogP contribution in [-0.4, -0.2) is 45.0 Å². The average Bonchev–Trinajstić information content (AvgIpc) is 2.77. The second-order valence-electron chi connectivity index (χ2n) is 7.86. The molecule has 0 amide bonds. The molecule has 1 aliphatic heterocycles. The van der Waals surface area contributed by atoms with Gasteiger partial charge in [0.05, 0.1) is 19.0 Å². The van der Waals surface area contributed by atoms with E-state index in [9.17, 15) is 4.79 Å². The number of nitrogens with zero attached hydrogens (tertiary/aromatic N) is 4. The van der Waals surface area contributed by atoms with Crippen LogP contribution in [0.15, 0.2) is 41.6 Å². The van der Waals surface area contributed by atoms with Crippen LogP contribution < -0.4 is 10.3 Å². The Labute approximate surface area is 176 Å². The van der Waals surface area contributed by atoms with Crippen molar-refractivity contribution >= 4 is 0 Å². The number of aromatic amines is 1. The highest BCUT2D eigenvalue weighted by Crippen LogP contribution is 2.29. The smallest absolute Gasteiger partial charge is 0.251 e. The van der Waals surface area contributed by atoms with E-state index in [1.54, 1.807) is 31.8 Å². The molecule has 7 heteroatoms. The van der Waals surface area contributed by atoms with E-state index in [0.717, 1.165) is 43.9 Å². The van der Waals surface area contributed by atoms with E-state index in [4.69, 9.17) is 9.72 Å². The van der Waals surface area contributed by atoms with Gasteiger partial charge in [-0.3, -0.25) is 14.7 Å². The highest BCUT2D eigenvalue weighted by molar-refractivity contribution is 5.47. The Bertz CT molecular complexity index is 1080. The van der Waals surface area contributed by atoms with Gasteiger partial charge in [-0.1, -0.05) is 6.07 Å². The Kier molecular flexibility index (Phi) is 5.90. The summed E-state index contributed by atoms with van der Waals surface area (Å²) in [7, 11) is 1.71. The molecule has 1 unspecified atom stereocenters. The third-order valence-corrected chi connectivity index (χ3v) is 5.95. The van der Waals surface area contributed by atoms with Crippen LogP contribution in [0.5, 0.6) is 5.75 Å². The van der Waals surface area contributed by atoms with Crippen molar-refractivity contribution in [2.45, 2.75) is 39.2 Å². The summed E-state index contributed by atoms with van der Waals surface area (Å²) in [6.07, 6.45) is 6.92. The molecule has 30 heavy (non-hydrogen) atoms. The van der Waals surface area contributed by atoms with Crippen LogP contribution in [0.3, 0.4) is 0 Å². The number of rotatable bonds is 5. The highest BCUT2D eigenvalue weighted by atomic mass is 16.5. The van der Waals surface area contributed by atoms with Gasteiger partial charge in [0, 0.05) is 37.5 Å². The van der Waals surface area contributed by atoms with Gasteiger partial charge in [0.25, 0.3) is 5.56 Å². The molecule has 1 N–H and O–H groups in total. The normalized spacial score (nSPS) is 17.1. The molecule has 1 aliphatic rings. The van der Waals surface area contributed by atoms with Gasteiger partial charge in [-0.15, -0.1) is 0 Å². The largest absolute Gasteiger partial charge is 0.496 e. The molecule has 4 rings (SSSR count). The first-order valence-electron chi connectivity index (χ1n) is 10.3. The van der Waals surface area contributed by atoms with Crippen molar-refractivity contribution in [3.8, 4) is 17.3 Å². The van der Waals surface area contributed by atoms with E-state index in [-0.39, 0.29) is 11.5 Å². The number of piperidine rings is 1. The van der Waals surface area contributed by atoms with Crippen LogP contribution in [0.25, 0.3) is 11.5 Å². The van der Waals surface area contributed by atoms with Gasteiger partial charge in [0.1, 0.15) is 11.4 Å². The van der Waals surface area contributed by atoms with Gasteiger partial charge in [0.15, 0.2) is 5.82 Å². The zero-order valence-corrected chi connectivity index (χ0v) is 17.7. The van der Waals surface area contributed by atoms with Gasteiger partial charge >= 0.3 is 0 Å². The van der Waals surface area contributed by atoms with Crippen molar-refractivity contribution in [3.63, 3.8) is 0 Å². The van der Waals surface area contributed by atoms with Gasteiger partial charge in [-0.2, -0.15) is 0 Å². The molecule has 2 aromatic heterocycles. The van der Waals surface area contributed by atoms with Gasteiger partial charge < -0.3 is 9.72 Å². The lowest BCUT2D eigenvalue weighted by Gasteiger charge is -2.33. The topological polar surface area (TPSA) is 84.0 Å². The van der Waals surface area contributed by atoms with Crippen molar-refractivity contribution in [2.24, 2.45) is 0 Å². The van der Waals surface area contributed by atoms with Crippen molar-refractivity contribution in [1.82, 2.24) is 24.8 Å². The molecule has 0 bridgehead atoms. The second-order valence-corrected chi connectivity index (χ2v) is 7.86. The van der Waals surface area contributed by atoms with Crippen LogP contribution >= 0.6 is 0 Å².